The summed E-state index contributed by atoms with van der Waals surface area (Å²) in [5.41, 5.74) is 3.32. The molecular formula is C17H19NO. The molecule has 1 aliphatic rings. The molecule has 19 heavy (non-hydrogen) atoms. The number of likely N-dealkylation sites (tertiary alicyclic amines) is 1. The van der Waals surface area contributed by atoms with E-state index in [1.807, 2.05) is 13.0 Å². The zero-order chi connectivity index (χ0) is 13.3. The molecule has 1 N–H and O–H groups in total. The molecule has 0 radical (unpaired) electrons. The van der Waals surface area contributed by atoms with Gasteiger partial charge in [-0.2, -0.15) is 0 Å². The highest BCUT2D eigenvalue weighted by atomic mass is 16.3. The molecule has 1 heterocycles. The van der Waals surface area contributed by atoms with Crippen LogP contribution in [0.1, 0.15) is 12.5 Å². The number of hydrogen-bond donors (Lipinski definition) is 1. The molecule has 2 heteroatoms. The SMILES string of the molecule is CC1(O)CN(Cc2ccc(-c3ccccc3)cc2)C1. The molecule has 0 aliphatic carbocycles. The maximum absolute atomic E-state index is 9.71. The lowest BCUT2D eigenvalue weighted by atomic mass is 9.96. The molecule has 0 aromatic heterocycles. The lowest BCUT2D eigenvalue weighted by molar-refractivity contribution is -0.0871. The Morgan fingerprint density at radius 3 is 2.11 bits per heavy atom. The van der Waals surface area contributed by atoms with Crippen molar-refractivity contribution in [2.45, 2.75) is 19.1 Å². The first-order chi connectivity index (χ1) is 9.12. The predicted octanol–water partition coefficient (Wildman–Crippen LogP) is 2.92. The molecule has 1 fully saturated rings. The van der Waals surface area contributed by atoms with Crippen molar-refractivity contribution < 1.29 is 5.11 Å². The lowest BCUT2D eigenvalue weighted by Gasteiger charge is -2.44. The van der Waals surface area contributed by atoms with Crippen LogP contribution in [0, 0.1) is 0 Å². The third-order valence-electron chi connectivity index (χ3n) is 3.60. The van der Waals surface area contributed by atoms with Crippen molar-refractivity contribution in [1.82, 2.24) is 4.90 Å². The molecule has 2 nitrogen and oxygen atoms in total. The molecular weight excluding hydrogens is 234 g/mol. The fourth-order valence-corrected chi connectivity index (χ4v) is 2.72. The summed E-state index contributed by atoms with van der Waals surface area (Å²) in [5, 5.41) is 9.71. The van der Waals surface area contributed by atoms with E-state index in [1.165, 1.54) is 16.7 Å². The van der Waals surface area contributed by atoms with Gasteiger partial charge in [-0.3, -0.25) is 4.90 Å². The molecule has 0 atom stereocenters. The van der Waals surface area contributed by atoms with Crippen LogP contribution in [0.4, 0.5) is 0 Å². The van der Waals surface area contributed by atoms with Crippen molar-refractivity contribution in [3.05, 3.63) is 60.2 Å². The smallest absolute Gasteiger partial charge is 0.0872 e. The average molecular weight is 253 g/mol. The fraction of sp³-hybridized carbons (Fsp3) is 0.294. The summed E-state index contributed by atoms with van der Waals surface area (Å²) in [7, 11) is 0. The van der Waals surface area contributed by atoms with E-state index in [1.54, 1.807) is 0 Å². The summed E-state index contributed by atoms with van der Waals surface area (Å²) in [4.78, 5) is 2.26. The van der Waals surface area contributed by atoms with Crippen molar-refractivity contribution in [3.8, 4) is 11.1 Å². The third-order valence-corrected chi connectivity index (χ3v) is 3.60. The second-order valence-electron chi connectivity index (χ2n) is 5.71. The average Bonchev–Trinajstić information content (AvgIpc) is 2.38. The molecule has 0 unspecified atom stereocenters. The molecule has 0 spiro atoms. The monoisotopic (exact) mass is 253 g/mol. The Labute approximate surface area is 114 Å². The Bertz CT molecular complexity index is 537. The van der Waals surface area contributed by atoms with Crippen LogP contribution in [-0.2, 0) is 6.54 Å². The molecule has 3 rings (SSSR count). The van der Waals surface area contributed by atoms with Gasteiger partial charge in [-0.05, 0) is 23.6 Å². The summed E-state index contributed by atoms with van der Waals surface area (Å²) in [6.07, 6.45) is 0. The zero-order valence-electron chi connectivity index (χ0n) is 11.2. The van der Waals surface area contributed by atoms with E-state index in [0.717, 1.165) is 19.6 Å². The van der Waals surface area contributed by atoms with Crippen molar-refractivity contribution in [2.24, 2.45) is 0 Å². The van der Waals surface area contributed by atoms with Gasteiger partial charge in [0, 0.05) is 19.6 Å². The predicted molar refractivity (Wildman–Crippen MR) is 77.8 cm³/mol. The number of benzene rings is 2. The van der Waals surface area contributed by atoms with Crippen LogP contribution in [0.15, 0.2) is 54.6 Å². The Hall–Kier alpha value is -1.64. The minimum atomic E-state index is -0.482. The minimum absolute atomic E-state index is 0.482. The molecule has 98 valence electrons. The molecule has 2 aromatic rings. The fourth-order valence-electron chi connectivity index (χ4n) is 2.72. The quantitative estimate of drug-likeness (QED) is 0.909. The van der Waals surface area contributed by atoms with Gasteiger partial charge in [-0.1, -0.05) is 54.6 Å². The maximum atomic E-state index is 9.71. The Balaban J connectivity index is 1.67. The summed E-state index contributed by atoms with van der Waals surface area (Å²) >= 11 is 0. The topological polar surface area (TPSA) is 23.5 Å². The molecule has 0 amide bonds. The van der Waals surface area contributed by atoms with Crippen molar-refractivity contribution >= 4 is 0 Å². The molecule has 0 bridgehead atoms. The number of aliphatic hydroxyl groups is 1. The first-order valence-electron chi connectivity index (χ1n) is 6.72. The summed E-state index contributed by atoms with van der Waals surface area (Å²) in [6, 6.07) is 19.1. The lowest BCUT2D eigenvalue weighted by Crippen LogP contribution is -2.59. The third kappa shape index (κ3) is 2.86. The highest BCUT2D eigenvalue weighted by Crippen LogP contribution is 2.24. The van der Waals surface area contributed by atoms with Crippen LogP contribution >= 0.6 is 0 Å². The summed E-state index contributed by atoms with van der Waals surface area (Å²) in [6.45, 7) is 4.36. The number of nitrogens with zero attached hydrogens (tertiary/aromatic N) is 1. The van der Waals surface area contributed by atoms with Crippen molar-refractivity contribution in [3.63, 3.8) is 0 Å². The van der Waals surface area contributed by atoms with E-state index in [-0.39, 0.29) is 0 Å². The highest BCUT2D eigenvalue weighted by molar-refractivity contribution is 5.63. The molecule has 2 aromatic carbocycles. The Morgan fingerprint density at radius 1 is 0.947 bits per heavy atom. The zero-order valence-corrected chi connectivity index (χ0v) is 11.2. The normalized spacial score (nSPS) is 18.0. The van der Waals surface area contributed by atoms with Crippen LogP contribution in [0.3, 0.4) is 0 Å². The summed E-state index contributed by atoms with van der Waals surface area (Å²) in [5.74, 6) is 0. The van der Waals surface area contributed by atoms with Crippen LogP contribution in [0.25, 0.3) is 11.1 Å². The van der Waals surface area contributed by atoms with Gasteiger partial charge in [0.2, 0.25) is 0 Å². The van der Waals surface area contributed by atoms with Gasteiger partial charge in [0.15, 0.2) is 0 Å². The van der Waals surface area contributed by atoms with E-state index in [2.05, 4.69) is 53.4 Å². The van der Waals surface area contributed by atoms with Gasteiger partial charge in [0.05, 0.1) is 5.60 Å². The van der Waals surface area contributed by atoms with Gasteiger partial charge in [-0.25, -0.2) is 0 Å². The highest BCUT2D eigenvalue weighted by Gasteiger charge is 2.35. The second-order valence-corrected chi connectivity index (χ2v) is 5.71. The van der Waals surface area contributed by atoms with Crippen LogP contribution in [0.5, 0.6) is 0 Å². The van der Waals surface area contributed by atoms with E-state index in [9.17, 15) is 5.11 Å². The van der Waals surface area contributed by atoms with Crippen molar-refractivity contribution in [1.29, 1.82) is 0 Å². The molecule has 0 saturated carbocycles. The molecule has 1 aliphatic heterocycles. The van der Waals surface area contributed by atoms with Gasteiger partial charge < -0.3 is 5.11 Å². The van der Waals surface area contributed by atoms with Crippen LogP contribution in [-0.4, -0.2) is 28.7 Å². The number of β-amino-alcohol motifs (C(OH)–C–C–N with tert-alkyl or cyclic N) is 1. The maximum Gasteiger partial charge on any atom is 0.0872 e. The first-order valence-corrected chi connectivity index (χ1v) is 6.72. The van der Waals surface area contributed by atoms with E-state index in [4.69, 9.17) is 0 Å². The Kier molecular flexibility index (Phi) is 3.13. The first kappa shape index (κ1) is 12.4. The number of hydrogen-bond acceptors (Lipinski definition) is 2. The standard InChI is InChI=1S/C17H19NO/c1-17(19)12-18(13-17)11-14-7-9-16(10-8-14)15-5-3-2-4-6-15/h2-10,19H,11-13H2,1H3. The van der Waals surface area contributed by atoms with Gasteiger partial charge >= 0.3 is 0 Å². The minimum Gasteiger partial charge on any atom is -0.388 e. The number of rotatable bonds is 3. The second kappa shape index (κ2) is 4.80. The van der Waals surface area contributed by atoms with Gasteiger partial charge in [-0.15, -0.1) is 0 Å². The largest absolute Gasteiger partial charge is 0.388 e. The van der Waals surface area contributed by atoms with Crippen LogP contribution < -0.4 is 0 Å². The van der Waals surface area contributed by atoms with Crippen molar-refractivity contribution in [2.75, 3.05) is 13.1 Å². The van der Waals surface area contributed by atoms with Gasteiger partial charge in [0.1, 0.15) is 0 Å². The van der Waals surface area contributed by atoms with E-state index >= 15 is 0 Å². The van der Waals surface area contributed by atoms with Crippen LogP contribution in [0.2, 0.25) is 0 Å². The van der Waals surface area contributed by atoms with E-state index in [0.29, 0.717) is 0 Å². The van der Waals surface area contributed by atoms with E-state index < -0.39 is 5.60 Å². The summed E-state index contributed by atoms with van der Waals surface area (Å²) < 4.78 is 0. The Morgan fingerprint density at radius 2 is 1.53 bits per heavy atom. The molecule has 1 saturated heterocycles. The van der Waals surface area contributed by atoms with Gasteiger partial charge in [0.25, 0.3) is 0 Å².